The van der Waals surface area contributed by atoms with Crippen LogP contribution >= 0.6 is 0 Å². The number of hydrogen-bond donors (Lipinski definition) is 10. The average Bonchev–Trinajstić information content (AvgIpc) is 3.26. The minimum Gasteiger partial charge on any atom is -0.449 e. The molecular formula is C48H96N2O14. The molecule has 382 valence electrons. The van der Waals surface area contributed by atoms with Crippen molar-refractivity contribution < 1.29 is 69.5 Å². The first kappa shape index (κ1) is 65.8. The van der Waals surface area contributed by atoms with Crippen molar-refractivity contribution in [2.24, 2.45) is 35.5 Å². The molecule has 2 amide bonds. The lowest BCUT2D eigenvalue weighted by Crippen LogP contribution is -2.28. The Morgan fingerprint density at radius 2 is 0.719 bits per heavy atom. The number of carbonyl (C=O) groups excluding carboxylic acids is 4. The molecule has 6 unspecified atom stereocenters. The summed E-state index contributed by atoms with van der Waals surface area (Å²) in [6, 6.07) is 0. The molecule has 0 aliphatic carbocycles. The van der Waals surface area contributed by atoms with Crippen LogP contribution < -0.4 is 10.6 Å². The Hall–Kier alpha value is -2.44. The Morgan fingerprint density at radius 1 is 0.422 bits per heavy atom. The summed E-state index contributed by atoms with van der Waals surface area (Å²) < 4.78 is 10.8. The molecule has 0 bridgehead atoms. The van der Waals surface area contributed by atoms with Crippen LogP contribution in [0, 0.1) is 35.5 Å². The van der Waals surface area contributed by atoms with Crippen molar-refractivity contribution in [1.29, 1.82) is 0 Å². The van der Waals surface area contributed by atoms with Crippen LogP contribution in [0.1, 0.15) is 168 Å². The van der Waals surface area contributed by atoms with Crippen molar-refractivity contribution in [3.63, 3.8) is 0 Å². The molecule has 6 atom stereocenters. The maximum absolute atomic E-state index is 11.9. The van der Waals surface area contributed by atoms with Crippen LogP contribution in [0.3, 0.4) is 0 Å². The van der Waals surface area contributed by atoms with Crippen LogP contribution in [0.4, 0.5) is 9.59 Å². The second-order valence-electron chi connectivity index (χ2n) is 17.2. The molecular weight excluding hydrogens is 829 g/mol. The molecule has 0 aliphatic rings. The van der Waals surface area contributed by atoms with Crippen LogP contribution in [0.15, 0.2) is 0 Å². The summed E-state index contributed by atoms with van der Waals surface area (Å²) in [5.74, 6) is 1.85. The topological polar surface area (TPSA) is 273 Å². The van der Waals surface area contributed by atoms with Gasteiger partial charge in [0, 0.05) is 78.8 Å². The molecule has 64 heavy (non-hydrogen) atoms. The number of aliphatic hydroxyl groups is 8. The molecule has 16 nitrogen and oxygen atoms in total. The van der Waals surface area contributed by atoms with E-state index in [0.29, 0.717) is 49.7 Å². The molecule has 0 heterocycles. The fourth-order valence-electron chi connectivity index (χ4n) is 8.00. The summed E-state index contributed by atoms with van der Waals surface area (Å²) in [6.07, 6.45) is 18.8. The molecule has 0 saturated carbocycles. The van der Waals surface area contributed by atoms with Gasteiger partial charge in [0.15, 0.2) is 0 Å². The second kappa shape index (κ2) is 50.0. The average molecular weight is 925 g/mol. The Morgan fingerprint density at radius 3 is 1.03 bits per heavy atom. The van der Waals surface area contributed by atoms with Crippen LogP contribution in [0.5, 0.6) is 0 Å². The molecule has 0 aliphatic heterocycles. The SMILES string of the molecule is C.CC(=O)CCNC(=O)OCC(CCCC(CCO)CCCO)CCC(CCO)CCCO.O=CCCNC(=O)OCC(CCCC(CCO)CCCO)CCC(CCO)CCCO. The van der Waals surface area contributed by atoms with Gasteiger partial charge in [-0.15, -0.1) is 0 Å². The van der Waals surface area contributed by atoms with E-state index in [-0.39, 0.29) is 104 Å². The quantitative estimate of drug-likeness (QED) is 0.0254. The number of ketones is 1. The fraction of sp³-hybridized carbons (Fsp3) is 0.917. The van der Waals surface area contributed by atoms with E-state index < -0.39 is 12.2 Å². The van der Waals surface area contributed by atoms with Crippen molar-refractivity contribution in [2.45, 2.75) is 168 Å². The second-order valence-corrected chi connectivity index (χ2v) is 17.2. The number of ether oxygens (including phenoxy) is 2. The largest absolute Gasteiger partial charge is 0.449 e. The van der Waals surface area contributed by atoms with Gasteiger partial charge in [0.25, 0.3) is 0 Å². The zero-order valence-corrected chi connectivity index (χ0v) is 39.0. The first-order chi connectivity index (χ1) is 30.6. The predicted octanol–water partition coefficient (Wildman–Crippen LogP) is 5.85. The number of rotatable bonds is 44. The summed E-state index contributed by atoms with van der Waals surface area (Å²) in [4.78, 5) is 45.1. The van der Waals surface area contributed by atoms with E-state index in [9.17, 15) is 39.6 Å². The maximum Gasteiger partial charge on any atom is 0.407 e. The lowest BCUT2D eigenvalue weighted by molar-refractivity contribution is -0.116. The third-order valence-corrected chi connectivity index (χ3v) is 11.8. The zero-order valence-electron chi connectivity index (χ0n) is 39.0. The van der Waals surface area contributed by atoms with E-state index >= 15 is 0 Å². The van der Waals surface area contributed by atoms with Gasteiger partial charge in [0.05, 0.1) is 13.2 Å². The first-order valence-electron chi connectivity index (χ1n) is 24.2. The number of aliphatic hydroxyl groups excluding tert-OH is 8. The highest BCUT2D eigenvalue weighted by Crippen LogP contribution is 2.28. The summed E-state index contributed by atoms with van der Waals surface area (Å²) in [7, 11) is 0. The first-order valence-corrected chi connectivity index (χ1v) is 24.2. The molecule has 0 fully saturated rings. The number of amides is 2. The predicted molar refractivity (Wildman–Crippen MR) is 251 cm³/mol. The highest BCUT2D eigenvalue weighted by atomic mass is 16.6. The molecule has 0 saturated heterocycles. The number of carbonyl (C=O) groups is 4. The van der Waals surface area contributed by atoms with Crippen LogP contribution in [0.25, 0.3) is 0 Å². The standard InChI is InChI=1S/C24H47NO7.C23H45NO7.CH4/c1-20(30)11-14-25-24(31)32-19-23(10-9-22(13-18-29)8-4-16-27)6-2-5-21(12-17-28)7-3-15-26;25-14-2-7-20(11-17-28)5-1-6-22(19-31-23(30)24-13-4-16-27)10-9-21(12-18-29)8-3-15-26;/h21-23,26-29H,2-19H2,1H3,(H,25,31);16,20-22,25-26,28-29H,1-15,17-19H2,(H,24,30);1H4. The van der Waals surface area contributed by atoms with Gasteiger partial charge in [-0.05, 0) is 158 Å². The Bertz CT molecular complexity index is 1040. The minimum atomic E-state index is -0.514. The van der Waals surface area contributed by atoms with Crippen LogP contribution in [-0.4, -0.2) is 144 Å². The van der Waals surface area contributed by atoms with Crippen LogP contribution in [-0.2, 0) is 19.1 Å². The van der Waals surface area contributed by atoms with E-state index in [1.807, 2.05) is 0 Å². The van der Waals surface area contributed by atoms with Gasteiger partial charge in [-0.2, -0.15) is 0 Å². The lowest BCUT2D eigenvalue weighted by Gasteiger charge is -2.22. The molecule has 0 aromatic heterocycles. The normalized spacial score (nSPS) is 13.8. The van der Waals surface area contributed by atoms with Crippen molar-refractivity contribution in [2.75, 3.05) is 79.2 Å². The zero-order chi connectivity index (χ0) is 47.2. The van der Waals surface area contributed by atoms with Gasteiger partial charge < -0.3 is 65.8 Å². The maximum atomic E-state index is 11.9. The molecule has 0 spiro atoms. The summed E-state index contributed by atoms with van der Waals surface area (Å²) in [5.41, 5.74) is 0. The summed E-state index contributed by atoms with van der Waals surface area (Å²) in [6.45, 7) is 3.81. The molecule has 0 aromatic rings. The van der Waals surface area contributed by atoms with Gasteiger partial charge in [-0.3, -0.25) is 4.79 Å². The van der Waals surface area contributed by atoms with Crippen molar-refractivity contribution in [3.05, 3.63) is 0 Å². The minimum absolute atomic E-state index is 0. The monoisotopic (exact) mass is 925 g/mol. The Kier molecular flexibility index (Phi) is 51.4. The smallest absolute Gasteiger partial charge is 0.407 e. The number of aldehydes is 1. The van der Waals surface area contributed by atoms with Gasteiger partial charge in [-0.1, -0.05) is 33.1 Å². The Balaban J connectivity index is -0.00000115. The van der Waals surface area contributed by atoms with E-state index in [0.717, 1.165) is 135 Å². The summed E-state index contributed by atoms with van der Waals surface area (Å²) >= 11 is 0. The van der Waals surface area contributed by atoms with E-state index in [2.05, 4.69) is 10.6 Å². The van der Waals surface area contributed by atoms with E-state index in [1.54, 1.807) is 0 Å². The third kappa shape index (κ3) is 43.5. The van der Waals surface area contributed by atoms with Crippen LogP contribution in [0.2, 0.25) is 0 Å². The van der Waals surface area contributed by atoms with E-state index in [4.69, 9.17) is 29.9 Å². The lowest BCUT2D eigenvalue weighted by atomic mass is 9.87. The van der Waals surface area contributed by atoms with Crippen molar-refractivity contribution in [3.8, 4) is 0 Å². The molecule has 0 rings (SSSR count). The third-order valence-electron chi connectivity index (χ3n) is 11.8. The molecule has 0 radical (unpaired) electrons. The number of Topliss-reactive ketones (excluding diaryl/α,β-unsaturated/α-hetero) is 1. The summed E-state index contributed by atoms with van der Waals surface area (Å²) in [5, 5.41) is 78.6. The van der Waals surface area contributed by atoms with E-state index in [1.165, 1.54) is 6.92 Å². The Labute approximate surface area is 386 Å². The number of hydrogen-bond acceptors (Lipinski definition) is 14. The van der Waals surface area contributed by atoms with Gasteiger partial charge in [-0.25, -0.2) is 9.59 Å². The number of alkyl carbamates (subject to hydrolysis) is 2. The highest BCUT2D eigenvalue weighted by Gasteiger charge is 2.19. The number of nitrogens with one attached hydrogen (secondary N) is 2. The highest BCUT2D eigenvalue weighted by molar-refractivity contribution is 5.76. The molecule has 10 N–H and O–H groups in total. The fourth-order valence-corrected chi connectivity index (χ4v) is 8.00. The van der Waals surface area contributed by atoms with Crippen molar-refractivity contribution in [1.82, 2.24) is 10.6 Å². The molecule has 16 heteroatoms. The van der Waals surface area contributed by atoms with Gasteiger partial charge in [0.2, 0.25) is 0 Å². The molecule has 0 aromatic carbocycles. The van der Waals surface area contributed by atoms with Gasteiger partial charge in [0.1, 0.15) is 12.1 Å². The van der Waals surface area contributed by atoms with Crippen molar-refractivity contribution >= 4 is 24.3 Å². The van der Waals surface area contributed by atoms with Gasteiger partial charge >= 0.3 is 12.2 Å².